The number of para-hydroxylation sites is 1. The lowest BCUT2D eigenvalue weighted by Crippen LogP contribution is -2.44. The molecule has 1 aromatic heterocycles. The molecule has 1 aliphatic rings. The minimum absolute atomic E-state index is 0.0310. The Bertz CT molecular complexity index is 1090. The molecular weight excluding hydrogens is 361 g/mol. The first-order chi connectivity index (χ1) is 13.6. The van der Waals surface area contributed by atoms with Crippen LogP contribution < -0.4 is 10.9 Å². The van der Waals surface area contributed by atoms with Crippen molar-refractivity contribution in [3.63, 3.8) is 0 Å². The summed E-state index contributed by atoms with van der Waals surface area (Å²) >= 11 is 0. The summed E-state index contributed by atoms with van der Waals surface area (Å²) in [6, 6.07) is 12.9. The number of piperazine rings is 1. The van der Waals surface area contributed by atoms with Crippen LogP contribution in [0, 0.1) is 5.82 Å². The van der Waals surface area contributed by atoms with Crippen molar-refractivity contribution in [2.45, 2.75) is 6.54 Å². The molecule has 2 heterocycles. The number of nitrogens with zero attached hydrogens (tertiary/aromatic N) is 2. The van der Waals surface area contributed by atoms with Crippen molar-refractivity contribution in [1.29, 1.82) is 0 Å². The van der Waals surface area contributed by atoms with E-state index in [1.807, 2.05) is 6.07 Å². The highest BCUT2D eigenvalue weighted by Crippen LogP contribution is 2.25. The highest BCUT2D eigenvalue weighted by atomic mass is 19.1. The smallest absolute Gasteiger partial charge is 0.338 e. The molecule has 0 bridgehead atoms. The molecule has 1 saturated heterocycles. The van der Waals surface area contributed by atoms with Gasteiger partial charge in [-0.05, 0) is 18.2 Å². The van der Waals surface area contributed by atoms with E-state index in [0.717, 1.165) is 26.2 Å². The maximum Gasteiger partial charge on any atom is 0.338 e. The number of carbonyl (C=O) groups is 1. The van der Waals surface area contributed by atoms with Crippen LogP contribution in [0.15, 0.2) is 53.3 Å². The molecule has 2 N–H and O–H groups in total. The third-order valence-corrected chi connectivity index (χ3v) is 5.07. The van der Waals surface area contributed by atoms with Gasteiger partial charge in [-0.15, -0.1) is 0 Å². The van der Waals surface area contributed by atoms with Crippen LogP contribution in [0.25, 0.3) is 16.5 Å². The molecule has 0 unspecified atom stereocenters. The molecule has 4 rings (SSSR count). The molecule has 2 aromatic carbocycles. The number of carboxylic acids is 1. The Morgan fingerprint density at radius 1 is 1.07 bits per heavy atom. The molecule has 28 heavy (non-hydrogen) atoms. The Morgan fingerprint density at radius 2 is 1.79 bits per heavy atom. The maximum absolute atomic E-state index is 14.6. The minimum Gasteiger partial charge on any atom is -0.478 e. The van der Waals surface area contributed by atoms with E-state index < -0.39 is 17.3 Å². The molecule has 0 radical (unpaired) electrons. The quantitative estimate of drug-likeness (QED) is 0.725. The highest BCUT2D eigenvalue weighted by molar-refractivity contribution is 6.04. The average molecular weight is 381 g/mol. The first-order valence-corrected chi connectivity index (χ1v) is 9.16. The standard InChI is InChI=1S/C21H20FN3O3/c22-16-8-4-7-15-18(16)20(26)25(14-5-2-1-3-6-14)17(19(15)21(27)28)13-24-11-9-23-10-12-24/h1-8,23H,9-13H2,(H,27,28). The van der Waals surface area contributed by atoms with Gasteiger partial charge in [-0.3, -0.25) is 14.3 Å². The van der Waals surface area contributed by atoms with Gasteiger partial charge in [-0.25, -0.2) is 9.18 Å². The molecule has 0 amide bonds. The number of hydrogen-bond donors (Lipinski definition) is 2. The number of pyridine rings is 1. The normalized spacial score (nSPS) is 15.0. The first-order valence-electron chi connectivity index (χ1n) is 9.16. The fourth-order valence-electron chi connectivity index (χ4n) is 3.77. The largest absolute Gasteiger partial charge is 0.478 e. The second-order valence-electron chi connectivity index (χ2n) is 6.79. The van der Waals surface area contributed by atoms with E-state index in [0.29, 0.717) is 17.9 Å². The van der Waals surface area contributed by atoms with E-state index in [2.05, 4.69) is 10.2 Å². The van der Waals surface area contributed by atoms with Gasteiger partial charge in [0.05, 0.1) is 16.6 Å². The van der Waals surface area contributed by atoms with E-state index in [1.165, 1.54) is 22.8 Å². The summed E-state index contributed by atoms with van der Waals surface area (Å²) in [6.07, 6.45) is 0. The van der Waals surface area contributed by atoms with E-state index in [-0.39, 0.29) is 16.3 Å². The van der Waals surface area contributed by atoms with Crippen LogP contribution in [0.2, 0.25) is 0 Å². The second-order valence-corrected chi connectivity index (χ2v) is 6.79. The predicted octanol–water partition coefficient (Wildman–Crippen LogP) is 2.23. The average Bonchev–Trinajstić information content (AvgIpc) is 2.69. The minimum atomic E-state index is -1.18. The maximum atomic E-state index is 14.6. The molecular formula is C21H20FN3O3. The van der Waals surface area contributed by atoms with Crippen LogP contribution in [-0.4, -0.2) is 46.7 Å². The van der Waals surface area contributed by atoms with Crippen molar-refractivity contribution in [3.05, 3.63) is 76.0 Å². The van der Waals surface area contributed by atoms with Crippen molar-refractivity contribution in [3.8, 4) is 5.69 Å². The Kier molecular flexibility index (Phi) is 4.93. The molecule has 6 nitrogen and oxygen atoms in total. The summed E-state index contributed by atoms with van der Waals surface area (Å²) in [4.78, 5) is 27.6. The van der Waals surface area contributed by atoms with Crippen LogP contribution in [0.3, 0.4) is 0 Å². The van der Waals surface area contributed by atoms with E-state index >= 15 is 0 Å². The molecule has 0 saturated carbocycles. The molecule has 144 valence electrons. The Labute approximate surface area is 160 Å². The number of rotatable bonds is 4. The fourth-order valence-corrected chi connectivity index (χ4v) is 3.77. The molecule has 7 heteroatoms. The van der Waals surface area contributed by atoms with Crippen LogP contribution in [0.4, 0.5) is 4.39 Å². The van der Waals surface area contributed by atoms with Crippen molar-refractivity contribution < 1.29 is 14.3 Å². The van der Waals surface area contributed by atoms with Crippen LogP contribution in [0.5, 0.6) is 0 Å². The van der Waals surface area contributed by atoms with E-state index in [1.54, 1.807) is 24.3 Å². The van der Waals surface area contributed by atoms with Gasteiger partial charge in [0.1, 0.15) is 5.82 Å². The zero-order valence-electron chi connectivity index (χ0n) is 15.2. The van der Waals surface area contributed by atoms with Gasteiger partial charge in [-0.1, -0.05) is 30.3 Å². The molecule has 0 spiro atoms. The summed E-state index contributed by atoms with van der Waals surface area (Å²) in [5.74, 6) is -1.89. The van der Waals surface area contributed by atoms with Crippen molar-refractivity contribution in [2.75, 3.05) is 26.2 Å². The van der Waals surface area contributed by atoms with Crippen molar-refractivity contribution >= 4 is 16.7 Å². The zero-order chi connectivity index (χ0) is 19.7. The molecule has 0 atom stereocenters. The zero-order valence-corrected chi connectivity index (χ0v) is 15.2. The lowest BCUT2D eigenvalue weighted by atomic mass is 10.0. The third-order valence-electron chi connectivity index (χ3n) is 5.07. The Balaban J connectivity index is 2.07. The Hall–Kier alpha value is -3.03. The molecule has 3 aromatic rings. The number of nitrogens with one attached hydrogen (secondary N) is 1. The van der Waals surface area contributed by atoms with Gasteiger partial charge in [0.15, 0.2) is 0 Å². The molecule has 1 aliphatic heterocycles. The molecule has 1 fully saturated rings. The van der Waals surface area contributed by atoms with Gasteiger partial charge in [0.2, 0.25) is 0 Å². The van der Waals surface area contributed by atoms with Crippen molar-refractivity contribution in [2.24, 2.45) is 0 Å². The fraction of sp³-hybridized carbons (Fsp3) is 0.238. The number of aromatic carboxylic acids is 1. The van der Waals surface area contributed by atoms with Gasteiger partial charge in [-0.2, -0.15) is 0 Å². The Morgan fingerprint density at radius 3 is 2.46 bits per heavy atom. The number of benzene rings is 2. The number of hydrogen-bond acceptors (Lipinski definition) is 4. The third kappa shape index (κ3) is 3.19. The summed E-state index contributed by atoms with van der Waals surface area (Å²) in [5.41, 5.74) is 0.305. The number of fused-ring (bicyclic) bond motifs is 1. The number of halogens is 1. The van der Waals surface area contributed by atoms with E-state index in [4.69, 9.17) is 0 Å². The van der Waals surface area contributed by atoms with E-state index in [9.17, 15) is 19.1 Å². The number of carboxylic acid groups (broad SMARTS) is 1. The van der Waals surface area contributed by atoms with Crippen LogP contribution in [-0.2, 0) is 6.54 Å². The summed E-state index contributed by atoms with van der Waals surface area (Å²) < 4.78 is 15.9. The highest BCUT2D eigenvalue weighted by Gasteiger charge is 2.25. The van der Waals surface area contributed by atoms with Crippen molar-refractivity contribution in [1.82, 2.24) is 14.8 Å². The van der Waals surface area contributed by atoms with Gasteiger partial charge in [0.25, 0.3) is 5.56 Å². The predicted molar refractivity (Wildman–Crippen MR) is 105 cm³/mol. The lowest BCUT2D eigenvalue weighted by molar-refractivity contribution is 0.0695. The molecule has 0 aliphatic carbocycles. The summed E-state index contributed by atoms with van der Waals surface area (Å²) in [7, 11) is 0. The first kappa shape index (κ1) is 18.3. The van der Waals surface area contributed by atoms with Gasteiger partial charge in [0, 0.05) is 43.8 Å². The number of aromatic nitrogens is 1. The summed E-state index contributed by atoms with van der Waals surface area (Å²) in [5, 5.41) is 13.2. The lowest BCUT2D eigenvalue weighted by Gasteiger charge is -2.29. The topological polar surface area (TPSA) is 74.6 Å². The van der Waals surface area contributed by atoms with Crippen LogP contribution >= 0.6 is 0 Å². The van der Waals surface area contributed by atoms with Crippen LogP contribution in [0.1, 0.15) is 16.1 Å². The van der Waals surface area contributed by atoms with Gasteiger partial charge < -0.3 is 10.4 Å². The SMILES string of the molecule is O=C(O)c1c(CN2CCNCC2)n(-c2ccccc2)c(=O)c2c(F)cccc12. The van der Waals surface area contributed by atoms with Gasteiger partial charge >= 0.3 is 5.97 Å². The monoisotopic (exact) mass is 381 g/mol. The second kappa shape index (κ2) is 7.53. The summed E-state index contributed by atoms with van der Waals surface area (Å²) in [6.45, 7) is 3.35.